The Morgan fingerprint density at radius 3 is 2.91 bits per heavy atom. The van der Waals surface area contributed by atoms with Crippen LogP contribution < -0.4 is 5.32 Å². The molecule has 1 fully saturated rings. The van der Waals surface area contributed by atoms with Gasteiger partial charge in [0.25, 0.3) is 0 Å². The first-order valence-electron chi connectivity index (χ1n) is 7.86. The smallest absolute Gasteiger partial charge is 0.135 e. The fourth-order valence-electron chi connectivity index (χ4n) is 2.98. The Morgan fingerprint density at radius 2 is 2.18 bits per heavy atom. The molecule has 3 rings (SSSR count). The molecule has 0 aliphatic carbocycles. The molecule has 3 heterocycles. The number of hydrogen-bond donors (Lipinski definition) is 1. The molecule has 1 saturated heterocycles. The number of nitrogens with one attached hydrogen (secondary N) is 1. The number of hydrogen-bond acceptors (Lipinski definition) is 5. The largest absolute Gasteiger partial charge is 0.363 e. The van der Waals surface area contributed by atoms with Gasteiger partial charge in [0.1, 0.15) is 17.5 Å². The summed E-state index contributed by atoms with van der Waals surface area (Å²) in [5.74, 6) is 3.29. The van der Waals surface area contributed by atoms with Crippen molar-refractivity contribution in [2.45, 2.75) is 32.2 Å². The minimum absolute atomic E-state index is 0.437. The van der Waals surface area contributed by atoms with Crippen LogP contribution in [0.15, 0.2) is 18.5 Å². The van der Waals surface area contributed by atoms with E-state index in [1.807, 2.05) is 37.0 Å². The number of nitrogens with zero attached hydrogens (tertiary/aromatic N) is 5. The molecule has 118 valence electrons. The topological polar surface area (TPSA) is 58.9 Å². The Balaban J connectivity index is 1.73. The van der Waals surface area contributed by atoms with Crippen molar-refractivity contribution in [1.29, 1.82) is 0 Å². The molecule has 0 amide bonds. The number of piperidine rings is 1. The fourth-order valence-corrected chi connectivity index (χ4v) is 2.98. The SMILES string of the molecule is Cc1cc(NCc2nccn2C)nc([C@H]2CCCN(C)C2)n1. The average Bonchev–Trinajstić information content (AvgIpc) is 2.90. The highest BCUT2D eigenvalue weighted by Crippen LogP contribution is 2.24. The van der Waals surface area contributed by atoms with Gasteiger partial charge in [-0.05, 0) is 33.4 Å². The first-order chi connectivity index (χ1) is 10.6. The van der Waals surface area contributed by atoms with E-state index in [2.05, 4.69) is 27.2 Å². The number of rotatable bonds is 4. The fraction of sp³-hybridized carbons (Fsp3) is 0.562. The summed E-state index contributed by atoms with van der Waals surface area (Å²) in [4.78, 5) is 16.1. The van der Waals surface area contributed by atoms with Gasteiger partial charge >= 0.3 is 0 Å². The molecule has 2 aromatic heterocycles. The van der Waals surface area contributed by atoms with Crippen LogP contribution in [0, 0.1) is 6.92 Å². The Bertz CT molecular complexity index is 635. The maximum absolute atomic E-state index is 4.73. The lowest BCUT2D eigenvalue weighted by Gasteiger charge is -2.28. The van der Waals surface area contributed by atoms with E-state index in [0.29, 0.717) is 12.5 Å². The third kappa shape index (κ3) is 3.44. The molecule has 0 radical (unpaired) electrons. The number of imidazole rings is 1. The van der Waals surface area contributed by atoms with Crippen LogP contribution in [-0.2, 0) is 13.6 Å². The van der Waals surface area contributed by atoms with Crippen LogP contribution in [0.25, 0.3) is 0 Å². The minimum atomic E-state index is 0.437. The van der Waals surface area contributed by atoms with Crippen LogP contribution in [-0.4, -0.2) is 44.6 Å². The van der Waals surface area contributed by atoms with Crippen LogP contribution in [0.5, 0.6) is 0 Å². The Labute approximate surface area is 131 Å². The van der Waals surface area contributed by atoms with Gasteiger partial charge in [0.2, 0.25) is 0 Å². The zero-order valence-corrected chi connectivity index (χ0v) is 13.6. The van der Waals surface area contributed by atoms with E-state index in [1.165, 1.54) is 19.4 Å². The van der Waals surface area contributed by atoms with E-state index in [9.17, 15) is 0 Å². The molecule has 1 atom stereocenters. The molecular formula is C16H24N6. The predicted octanol–water partition coefficient (Wildman–Crippen LogP) is 1.94. The van der Waals surface area contributed by atoms with Crippen LogP contribution in [0.1, 0.15) is 36.1 Å². The second kappa shape index (κ2) is 6.44. The number of aryl methyl sites for hydroxylation is 2. The van der Waals surface area contributed by atoms with Crippen molar-refractivity contribution in [2.24, 2.45) is 7.05 Å². The molecule has 0 bridgehead atoms. The highest BCUT2D eigenvalue weighted by molar-refractivity contribution is 5.36. The molecule has 1 aliphatic heterocycles. The Morgan fingerprint density at radius 1 is 1.32 bits per heavy atom. The quantitative estimate of drug-likeness (QED) is 0.935. The predicted molar refractivity (Wildman–Crippen MR) is 86.8 cm³/mol. The summed E-state index contributed by atoms with van der Waals surface area (Å²) < 4.78 is 2.01. The van der Waals surface area contributed by atoms with E-state index < -0.39 is 0 Å². The highest BCUT2D eigenvalue weighted by atomic mass is 15.1. The van der Waals surface area contributed by atoms with Gasteiger partial charge in [-0.1, -0.05) is 0 Å². The third-order valence-corrected chi connectivity index (χ3v) is 4.21. The summed E-state index contributed by atoms with van der Waals surface area (Å²) in [5, 5.41) is 3.37. The van der Waals surface area contributed by atoms with Crippen LogP contribution in [0.2, 0.25) is 0 Å². The Hall–Kier alpha value is -1.95. The third-order valence-electron chi connectivity index (χ3n) is 4.21. The van der Waals surface area contributed by atoms with Crippen LogP contribution in [0.4, 0.5) is 5.82 Å². The van der Waals surface area contributed by atoms with Crippen molar-refractivity contribution < 1.29 is 0 Å². The van der Waals surface area contributed by atoms with Crippen LogP contribution >= 0.6 is 0 Å². The van der Waals surface area contributed by atoms with Gasteiger partial charge < -0.3 is 14.8 Å². The summed E-state index contributed by atoms with van der Waals surface area (Å²) in [6.45, 7) is 4.92. The number of anilines is 1. The maximum Gasteiger partial charge on any atom is 0.135 e. The normalized spacial score (nSPS) is 19.3. The summed E-state index contributed by atoms with van der Waals surface area (Å²) in [7, 11) is 4.17. The molecule has 1 aliphatic rings. The van der Waals surface area contributed by atoms with Crippen molar-refractivity contribution in [3.8, 4) is 0 Å². The lowest BCUT2D eigenvalue weighted by Crippen LogP contribution is -2.31. The summed E-state index contributed by atoms with van der Waals surface area (Å²) in [5.41, 5.74) is 1.01. The van der Waals surface area contributed by atoms with Crippen molar-refractivity contribution >= 4 is 5.82 Å². The van der Waals surface area contributed by atoms with Gasteiger partial charge in [0, 0.05) is 43.7 Å². The minimum Gasteiger partial charge on any atom is -0.363 e. The standard InChI is InChI=1S/C16H24N6/c1-12-9-14(18-10-15-17-6-8-22(15)3)20-16(19-12)13-5-4-7-21(2)11-13/h6,8-9,13H,4-5,7,10-11H2,1-3H3,(H,18,19,20)/t13-/m0/s1. The van der Waals surface area contributed by atoms with E-state index >= 15 is 0 Å². The van der Waals surface area contributed by atoms with E-state index in [1.54, 1.807) is 0 Å². The van der Waals surface area contributed by atoms with E-state index in [-0.39, 0.29) is 0 Å². The zero-order valence-electron chi connectivity index (χ0n) is 13.6. The highest BCUT2D eigenvalue weighted by Gasteiger charge is 2.21. The summed E-state index contributed by atoms with van der Waals surface area (Å²) >= 11 is 0. The first kappa shape index (κ1) is 15.0. The van der Waals surface area contributed by atoms with Crippen LogP contribution in [0.3, 0.4) is 0 Å². The van der Waals surface area contributed by atoms with Gasteiger partial charge in [-0.15, -0.1) is 0 Å². The lowest BCUT2D eigenvalue weighted by atomic mass is 9.97. The van der Waals surface area contributed by atoms with Crippen molar-refractivity contribution in [2.75, 3.05) is 25.5 Å². The molecular weight excluding hydrogens is 276 g/mol. The second-order valence-corrected chi connectivity index (χ2v) is 6.16. The monoisotopic (exact) mass is 300 g/mol. The van der Waals surface area contributed by atoms with Gasteiger partial charge in [0.05, 0.1) is 6.54 Å². The van der Waals surface area contributed by atoms with Crippen molar-refractivity contribution in [3.63, 3.8) is 0 Å². The van der Waals surface area contributed by atoms with Gasteiger partial charge in [-0.3, -0.25) is 0 Å². The first-order valence-corrected chi connectivity index (χ1v) is 7.86. The maximum atomic E-state index is 4.73. The molecule has 6 heteroatoms. The van der Waals surface area contributed by atoms with E-state index in [4.69, 9.17) is 4.98 Å². The number of likely N-dealkylation sites (N-methyl/N-ethyl adjacent to an activating group) is 1. The molecule has 22 heavy (non-hydrogen) atoms. The van der Waals surface area contributed by atoms with Gasteiger partial charge in [-0.25, -0.2) is 15.0 Å². The molecule has 2 aromatic rings. The molecule has 0 spiro atoms. The van der Waals surface area contributed by atoms with Gasteiger partial charge in [-0.2, -0.15) is 0 Å². The summed E-state index contributed by atoms with van der Waals surface area (Å²) in [6, 6.07) is 2.00. The number of aromatic nitrogens is 4. The summed E-state index contributed by atoms with van der Waals surface area (Å²) in [6.07, 6.45) is 6.15. The molecule has 0 saturated carbocycles. The Kier molecular flexibility index (Phi) is 4.38. The van der Waals surface area contributed by atoms with Gasteiger partial charge in [0.15, 0.2) is 0 Å². The van der Waals surface area contributed by atoms with E-state index in [0.717, 1.165) is 29.7 Å². The number of likely N-dealkylation sites (tertiary alicyclic amines) is 1. The molecule has 6 nitrogen and oxygen atoms in total. The van der Waals surface area contributed by atoms with Crippen molar-refractivity contribution in [1.82, 2.24) is 24.4 Å². The lowest BCUT2D eigenvalue weighted by molar-refractivity contribution is 0.246. The zero-order chi connectivity index (χ0) is 15.5. The second-order valence-electron chi connectivity index (χ2n) is 6.16. The molecule has 1 N–H and O–H groups in total. The average molecular weight is 300 g/mol. The molecule has 0 unspecified atom stereocenters. The van der Waals surface area contributed by atoms with Crippen molar-refractivity contribution in [3.05, 3.63) is 35.8 Å². The molecule has 0 aromatic carbocycles.